The second-order valence-electron chi connectivity index (χ2n) is 3.71. The minimum absolute atomic E-state index is 0.282. The molecular weight excluding hydrogens is 240 g/mol. The number of aliphatic hydroxyl groups is 1. The molecule has 0 aliphatic rings. The summed E-state index contributed by atoms with van der Waals surface area (Å²) in [6.45, 7) is 0. The number of benzene rings is 1. The van der Waals surface area contributed by atoms with Crippen LogP contribution in [0.25, 0.3) is 0 Å². The molecule has 0 bridgehead atoms. The lowest BCUT2D eigenvalue weighted by atomic mass is 10.1. The summed E-state index contributed by atoms with van der Waals surface area (Å²) >= 11 is 5.66. The largest absolute Gasteiger partial charge is 0.497 e. The lowest BCUT2D eigenvalue weighted by Gasteiger charge is -2.08. The Morgan fingerprint density at radius 3 is 2.82 bits per heavy atom. The van der Waals surface area contributed by atoms with Gasteiger partial charge >= 0.3 is 0 Å². The van der Waals surface area contributed by atoms with Crippen molar-refractivity contribution >= 4 is 11.6 Å². The van der Waals surface area contributed by atoms with Gasteiger partial charge in [0, 0.05) is 6.42 Å². The van der Waals surface area contributed by atoms with E-state index in [0.717, 1.165) is 11.3 Å². The van der Waals surface area contributed by atoms with Crippen molar-refractivity contribution in [2.24, 2.45) is 0 Å². The first kappa shape index (κ1) is 12.0. The number of rotatable bonds is 4. The lowest BCUT2D eigenvalue weighted by Crippen LogP contribution is -2.00. The van der Waals surface area contributed by atoms with Gasteiger partial charge in [0.05, 0.1) is 7.11 Å². The van der Waals surface area contributed by atoms with Crippen LogP contribution in [0.4, 0.5) is 0 Å². The van der Waals surface area contributed by atoms with Crippen LogP contribution in [0.1, 0.15) is 17.4 Å². The molecule has 0 amide bonds. The number of halogens is 1. The molecule has 2 aromatic rings. The number of furan rings is 1. The van der Waals surface area contributed by atoms with Crippen molar-refractivity contribution in [2.45, 2.75) is 12.5 Å². The Morgan fingerprint density at radius 1 is 1.35 bits per heavy atom. The zero-order chi connectivity index (χ0) is 12.3. The summed E-state index contributed by atoms with van der Waals surface area (Å²) in [5, 5.41) is 10.2. The van der Waals surface area contributed by atoms with Crippen LogP contribution in [0.5, 0.6) is 5.75 Å². The van der Waals surface area contributed by atoms with Gasteiger partial charge in [-0.25, -0.2) is 0 Å². The first-order chi connectivity index (χ1) is 8.19. The van der Waals surface area contributed by atoms with Gasteiger partial charge in [-0.05, 0) is 41.4 Å². The van der Waals surface area contributed by atoms with Crippen molar-refractivity contribution in [3.63, 3.8) is 0 Å². The maximum atomic E-state index is 9.96. The highest BCUT2D eigenvalue weighted by molar-refractivity contribution is 6.28. The van der Waals surface area contributed by atoms with Crippen LogP contribution in [-0.2, 0) is 6.42 Å². The molecule has 1 aromatic carbocycles. The SMILES string of the molecule is COc1cccc(CC(O)c2ccc(Cl)o2)c1. The fraction of sp³-hybridized carbons (Fsp3) is 0.231. The third kappa shape index (κ3) is 3.02. The minimum atomic E-state index is -0.699. The topological polar surface area (TPSA) is 42.6 Å². The average molecular weight is 253 g/mol. The first-order valence-electron chi connectivity index (χ1n) is 5.25. The molecule has 0 saturated carbocycles. The summed E-state index contributed by atoms with van der Waals surface area (Å²) in [6, 6.07) is 10.8. The highest BCUT2D eigenvalue weighted by atomic mass is 35.5. The van der Waals surface area contributed by atoms with E-state index in [0.29, 0.717) is 12.2 Å². The standard InChI is InChI=1S/C13H13ClO3/c1-16-10-4-2-3-9(7-10)8-11(15)12-5-6-13(14)17-12/h2-7,11,15H,8H2,1H3. The average Bonchev–Trinajstić information content (AvgIpc) is 2.76. The number of ether oxygens (including phenoxy) is 1. The van der Waals surface area contributed by atoms with Crippen LogP contribution in [0.3, 0.4) is 0 Å². The molecule has 3 nitrogen and oxygen atoms in total. The van der Waals surface area contributed by atoms with Crippen molar-refractivity contribution in [2.75, 3.05) is 7.11 Å². The first-order valence-corrected chi connectivity index (χ1v) is 5.63. The van der Waals surface area contributed by atoms with E-state index in [9.17, 15) is 5.11 Å². The van der Waals surface area contributed by atoms with E-state index >= 15 is 0 Å². The maximum Gasteiger partial charge on any atom is 0.193 e. The van der Waals surface area contributed by atoms with E-state index in [1.807, 2.05) is 24.3 Å². The van der Waals surface area contributed by atoms with E-state index in [-0.39, 0.29) is 5.22 Å². The van der Waals surface area contributed by atoms with Gasteiger partial charge in [0.25, 0.3) is 0 Å². The molecule has 1 unspecified atom stereocenters. The molecule has 1 heterocycles. The predicted octanol–water partition coefficient (Wildman–Crippen LogP) is 3.22. The van der Waals surface area contributed by atoms with Gasteiger partial charge in [0.15, 0.2) is 5.22 Å². The van der Waals surface area contributed by atoms with Crippen LogP contribution < -0.4 is 4.74 Å². The Bertz CT molecular complexity index is 493. The van der Waals surface area contributed by atoms with E-state index in [2.05, 4.69) is 0 Å². The normalized spacial score (nSPS) is 12.4. The van der Waals surface area contributed by atoms with E-state index in [1.54, 1.807) is 19.2 Å². The molecule has 4 heteroatoms. The van der Waals surface area contributed by atoms with Crippen LogP contribution in [0, 0.1) is 0 Å². The summed E-state index contributed by atoms with van der Waals surface area (Å²) in [6.07, 6.45) is -0.240. The van der Waals surface area contributed by atoms with Crippen molar-refractivity contribution in [1.29, 1.82) is 0 Å². The Balaban J connectivity index is 2.09. The summed E-state index contributed by atoms with van der Waals surface area (Å²) in [4.78, 5) is 0. The molecule has 0 fully saturated rings. The van der Waals surface area contributed by atoms with Crippen LogP contribution in [-0.4, -0.2) is 12.2 Å². The van der Waals surface area contributed by atoms with E-state index in [4.69, 9.17) is 20.8 Å². The third-order valence-corrected chi connectivity index (χ3v) is 2.69. The van der Waals surface area contributed by atoms with Crippen LogP contribution in [0.2, 0.25) is 5.22 Å². The summed E-state index contributed by atoms with van der Waals surface area (Å²) < 4.78 is 10.3. The molecule has 1 atom stereocenters. The van der Waals surface area contributed by atoms with Gasteiger partial charge in [-0.3, -0.25) is 0 Å². The Morgan fingerprint density at radius 2 is 2.18 bits per heavy atom. The second-order valence-corrected chi connectivity index (χ2v) is 4.09. The molecule has 2 rings (SSSR count). The smallest absolute Gasteiger partial charge is 0.193 e. The predicted molar refractivity (Wildman–Crippen MR) is 65.4 cm³/mol. The number of aliphatic hydroxyl groups excluding tert-OH is 1. The maximum absolute atomic E-state index is 9.96. The number of methoxy groups -OCH3 is 1. The Kier molecular flexibility index (Phi) is 3.71. The summed E-state index contributed by atoms with van der Waals surface area (Å²) in [7, 11) is 1.61. The molecule has 0 aliphatic heterocycles. The van der Waals surface area contributed by atoms with Gasteiger partial charge in [-0.1, -0.05) is 12.1 Å². The minimum Gasteiger partial charge on any atom is -0.497 e. The van der Waals surface area contributed by atoms with Gasteiger partial charge < -0.3 is 14.3 Å². The summed E-state index contributed by atoms with van der Waals surface area (Å²) in [5.74, 6) is 1.24. The third-order valence-electron chi connectivity index (χ3n) is 2.49. The van der Waals surface area contributed by atoms with Gasteiger partial charge in [-0.15, -0.1) is 0 Å². The highest BCUT2D eigenvalue weighted by Gasteiger charge is 2.13. The van der Waals surface area contributed by atoms with E-state index in [1.165, 1.54) is 0 Å². The molecule has 0 saturated heterocycles. The zero-order valence-electron chi connectivity index (χ0n) is 9.39. The van der Waals surface area contributed by atoms with Crippen LogP contribution in [0.15, 0.2) is 40.8 Å². The van der Waals surface area contributed by atoms with Gasteiger partial charge in [0.1, 0.15) is 17.6 Å². The van der Waals surface area contributed by atoms with Crippen LogP contribution >= 0.6 is 11.6 Å². The molecule has 1 aromatic heterocycles. The zero-order valence-corrected chi connectivity index (χ0v) is 10.1. The molecular formula is C13H13ClO3. The fourth-order valence-electron chi connectivity index (χ4n) is 1.63. The lowest BCUT2D eigenvalue weighted by molar-refractivity contribution is 0.150. The molecule has 0 spiro atoms. The number of hydrogen-bond acceptors (Lipinski definition) is 3. The second kappa shape index (κ2) is 5.25. The molecule has 90 valence electrons. The molecule has 0 aliphatic carbocycles. The van der Waals surface area contributed by atoms with Gasteiger partial charge in [-0.2, -0.15) is 0 Å². The fourth-order valence-corrected chi connectivity index (χ4v) is 1.78. The van der Waals surface area contributed by atoms with E-state index < -0.39 is 6.10 Å². The Labute approximate surface area is 105 Å². The van der Waals surface area contributed by atoms with Crippen molar-refractivity contribution < 1.29 is 14.3 Å². The van der Waals surface area contributed by atoms with Crippen molar-refractivity contribution in [1.82, 2.24) is 0 Å². The monoisotopic (exact) mass is 252 g/mol. The quantitative estimate of drug-likeness (QED) is 0.909. The highest BCUT2D eigenvalue weighted by Crippen LogP contribution is 2.24. The molecule has 17 heavy (non-hydrogen) atoms. The summed E-state index contributed by atoms with van der Waals surface area (Å²) in [5.41, 5.74) is 0.976. The van der Waals surface area contributed by atoms with Crippen molar-refractivity contribution in [3.05, 3.63) is 52.9 Å². The van der Waals surface area contributed by atoms with Gasteiger partial charge in [0.2, 0.25) is 0 Å². The molecule has 1 N–H and O–H groups in total. The Hall–Kier alpha value is -1.45. The number of hydrogen-bond donors (Lipinski definition) is 1. The van der Waals surface area contributed by atoms with Crippen molar-refractivity contribution in [3.8, 4) is 5.75 Å². The molecule has 0 radical (unpaired) electrons.